The molecule has 1 aliphatic heterocycles. The summed E-state index contributed by atoms with van der Waals surface area (Å²) in [5, 5.41) is 6.13. The average Bonchev–Trinajstić information content (AvgIpc) is 2.79. The minimum Gasteiger partial charge on any atom is -0.483 e. The van der Waals surface area contributed by atoms with Crippen LogP contribution >= 0.6 is 0 Å². The summed E-state index contributed by atoms with van der Waals surface area (Å²) in [5.74, 6) is 0.114. The second kappa shape index (κ2) is 9.82. The number of nitrogens with one attached hydrogen (secondary N) is 2. The molecule has 5 heteroatoms. The molecule has 5 nitrogen and oxygen atoms in total. The predicted octanol–water partition coefficient (Wildman–Crippen LogP) is 4.24. The second-order valence-electron chi connectivity index (χ2n) is 8.55. The molecular formula is C26H30N2O3. The Morgan fingerprint density at radius 2 is 1.87 bits per heavy atom. The minimum atomic E-state index is -0.155. The first-order valence-corrected chi connectivity index (χ1v) is 11.2. The number of amides is 2. The summed E-state index contributed by atoms with van der Waals surface area (Å²) in [6.45, 7) is 2.02. The summed E-state index contributed by atoms with van der Waals surface area (Å²) >= 11 is 0. The minimum absolute atomic E-state index is 0.0696. The molecule has 0 spiro atoms. The summed E-state index contributed by atoms with van der Waals surface area (Å²) < 4.78 is 5.97. The molecule has 2 aromatic rings. The van der Waals surface area contributed by atoms with Gasteiger partial charge in [0.05, 0.1) is 6.04 Å². The first-order valence-electron chi connectivity index (χ1n) is 11.2. The van der Waals surface area contributed by atoms with Gasteiger partial charge >= 0.3 is 0 Å². The number of aryl methyl sites for hydroxylation is 1. The maximum atomic E-state index is 12.6. The quantitative estimate of drug-likeness (QED) is 0.690. The van der Waals surface area contributed by atoms with Gasteiger partial charge in [0.1, 0.15) is 6.10 Å². The van der Waals surface area contributed by atoms with Gasteiger partial charge in [0.25, 0.3) is 11.8 Å². The molecule has 2 aromatic carbocycles. The van der Waals surface area contributed by atoms with Crippen molar-refractivity contribution >= 4 is 17.9 Å². The Balaban J connectivity index is 1.32. The van der Waals surface area contributed by atoms with Gasteiger partial charge in [-0.3, -0.25) is 9.59 Å². The Labute approximate surface area is 183 Å². The van der Waals surface area contributed by atoms with Crippen LogP contribution in [0.2, 0.25) is 0 Å². The molecule has 2 amide bonds. The lowest BCUT2D eigenvalue weighted by atomic mass is 9.91. The van der Waals surface area contributed by atoms with Crippen molar-refractivity contribution in [2.24, 2.45) is 0 Å². The van der Waals surface area contributed by atoms with Crippen LogP contribution in [0.3, 0.4) is 0 Å². The molecule has 0 bridgehead atoms. The van der Waals surface area contributed by atoms with Gasteiger partial charge in [-0.2, -0.15) is 0 Å². The molecule has 2 N–H and O–H groups in total. The highest BCUT2D eigenvalue weighted by Crippen LogP contribution is 2.27. The largest absolute Gasteiger partial charge is 0.483 e. The van der Waals surface area contributed by atoms with Crippen molar-refractivity contribution < 1.29 is 14.3 Å². The summed E-state index contributed by atoms with van der Waals surface area (Å²) in [6.07, 6.45) is 7.87. The lowest BCUT2D eigenvalue weighted by Crippen LogP contribution is -2.51. The maximum absolute atomic E-state index is 12.6. The van der Waals surface area contributed by atoms with Crippen molar-refractivity contribution in [3.8, 4) is 0 Å². The normalized spacial score (nSPS) is 22.7. The van der Waals surface area contributed by atoms with E-state index in [-0.39, 0.29) is 30.0 Å². The molecule has 0 aromatic heterocycles. The highest BCUT2D eigenvalue weighted by molar-refractivity contribution is 5.97. The average molecular weight is 419 g/mol. The van der Waals surface area contributed by atoms with Crippen molar-refractivity contribution in [1.29, 1.82) is 0 Å². The van der Waals surface area contributed by atoms with E-state index >= 15 is 0 Å². The third-order valence-electron chi connectivity index (χ3n) is 6.08. The van der Waals surface area contributed by atoms with E-state index in [1.165, 1.54) is 5.56 Å². The van der Waals surface area contributed by atoms with Crippen molar-refractivity contribution in [2.45, 2.75) is 63.6 Å². The highest BCUT2D eigenvalue weighted by atomic mass is 16.5. The number of benzene rings is 2. The number of ether oxygens (including phenoxy) is 1. The number of hydrogen-bond donors (Lipinski definition) is 2. The van der Waals surface area contributed by atoms with Gasteiger partial charge in [0.2, 0.25) is 0 Å². The summed E-state index contributed by atoms with van der Waals surface area (Å²) in [7, 11) is 0. The van der Waals surface area contributed by atoms with E-state index in [9.17, 15) is 9.59 Å². The van der Waals surface area contributed by atoms with Gasteiger partial charge in [0, 0.05) is 11.6 Å². The lowest BCUT2D eigenvalue weighted by Gasteiger charge is -2.37. The predicted molar refractivity (Wildman–Crippen MR) is 121 cm³/mol. The molecule has 2 fully saturated rings. The third kappa shape index (κ3) is 5.54. The molecule has 1 aliphatic carbocycles. The Hall–Kier alpha value is -3.08. The molecule has 2 aliphatic rings. The van der Waals surface area contributed by atoms with Crippen LogP contribution in [-0.4, -0.2) is 30.0 Å². The topological polar surface area (TPSA) is 67.4 Å². The van der Waals surface area contributed by atoms with E-state index in [0.29, 0.717) is 11.3 Å². The number of carbonyl (C=O) groups excluding carboxylic acids is 2. The summed E-state index contributed by atoms with van der Waals surface area (Å²) in [5.41, 5.74) is 2.72. The van der Waals surface area contributed by atoms with E-state index in [2.05, 4.69) is 22.8 Å². The van der Waals surface area contributed by atoms with Crippen LogP contribution < -0.4 is 10.6 Å². The standard InChI is InChI=1S/C26H30N2O3/c1-18(11-12-19-7-3-2-4-8-19)27-25(29)21-15-13-20(14-16-21)17-24-26(30)28-22-9-5-6-10-23(22)31-24/h2-4,7-8,13-18,22-23H,5-6,9-12H2,1H3,(H,27,29)(H,28,30)/b24-17-. The van der Waals surface area contributed by atoms with E-state index in [0.717, 1.165) is 44.1 Å². The fourth-order valence-electron chi connectivity index (χ4n) is 4.25. The molecule has 31 heavy (non-hydrogen) atoms. The van der Waals surface area contributed by atoms with Gasteiger partial charge in [-0.1, -0.05) is 48.9 Å². The number of fused-ring (bicyclic) bond motifs is 1. The van der Waals surface area contributed by atoms with Crippen LogP contribution in [0.5, 0.6) is 0 Å². The van der Waals surface area contributed by atoms with Crippen LogP contribution in [0, 0.1) is 0 Å². The fourth-order valence-corrected chi connectivity index (χ4v) is 4.25. The van der Waals surface area contributed by atoms with Gasteiger partial charge in [-0.05, 0) is 68.4 Å². The molecule has 1 heterocycles. The summed E-state index contributed by atoms with van der Waals surface area (Å²) in [6, 6.07) is 17.8. The van der Waals surface area contributed by atoms with E-state index in [4.69, 9.17) is 4.74 Å². The number of carbonyl (C=O) groups is 2. The molecular weight excluding hydrogens is 388 g/mol. The van der Waals surface area contributed by atoms with Crippen LogP contribution in [-0.2, 0) is 16.0 Å². The first-order chi connectivity index (χ1) is 15.1. The van der Waals surface area contributed by atoms with Gasteiger partial charge in [0.15, 0.2) is 5.76 Å². The summed E-state index contributed by atoms with van der Waals surface area (Å²) in [4.78, 5) is 24.9. The Morgan fingerprint density at radius 1 is 1.13 bits per heavy atom. The van der Waals surface area contributed by atoms with E-state index in [1.54, 1.807) is 18.2 Å². The molecule has 0 radical (unpaired) electrons. The number of morpholine rings is 1. The van der Waals surface area contributed by atoms with Crippen molar-refractivity contribution in [2.75, 3.05) is 0 Å². The van der Waals surface area contributed by atoms with E-state index in [1.807, 2.05) is 37.3 Å². The number of hydrogen-bond acceptors (Lipinski definition) is 3. The van der Waals surface area contributed by atoms with Crippen molar-refractivity contribution in [3.63, 3.8) is 0 Å². The lowest BCUT2D eigenvalue weighted by molar-refractivity contribution is -0.129. The third-order valence-corrected chi connectivity index (χ3v) is 6.08. The van der Waals surface area contributed by atoms with Crippen LogP contribution in [0.4, 0.5) is 0 Å². The zero-order valence-corrected chi connectivity index (χ0v) is 18.0. The van der Waals surface area contributed by atoms with Crippen molar-refractivity contribution in [3.05, 3.63) is 77.0 Å². The SMILES string of the molecule is CC(CCc1ccccc1)NC(=O)c1ccc(/C=C2\OC3CCCCC3NC2=O)cc1. The number of rotatable bonds is 6. The molecule has 3 unspecified atom stereocenters. The van der Waals surface area contributed by atoms with Crippen LogP contribution in [0.15, 0.2) is 60.4 Å². The maximum Gasteiger partial charge on any atom is 0.286 e. The molecule has 3 atom stereocenters. The van der Waals surface area contributed by atoms with Gasteiger partial charge in [-0.25, -0.2) is 0 Å². The first kappa shape index (κ1) is 21.2. The second-order valence-corrected chi connectivity index (χ2v) is 8.55. The van der Waals surface area contributed by atoms with Gasteiger partial charge < -0.3 is 15.4 Å². The Bertz CT molecular complexity index is 937. The van der Waals surface area contributed by atoms with Crippen molar-refractivity contribution in [1.82, 2.24) is 10.6 Å². The zero-order chi connectivity index (χ0) is 21.6. The molecule has 162 valence electrons. The highest BCUT2D eigenvalue weighted by Gasteiger charge is 2.34. The monoisotopic (exact) mass is 418 g/mol. The van der Waals surface area contributed by atoms with Crippen LogP contribution in [0.25, 0.3) is 6.08 Å². The molecule has 1 saturated heterocycles. The van der Waals surface area contributed by atoms with Crippen LogP contribution in [0.1, 0.15) is 60.5 Å². The zero-order valence-electron chi connectivity index (χ0n) is 18.0. The Kier molecular flexibility index (Phi) is 6.70. The van der Waals surface area contributed by atoms with E-state index < -0.39 is 0 Å². The Morgan fingerprint density at radius 3 is 2.65 bits per heavy atom. The molecule has 1 saturated carbocycles. The molecule has 4 rings (SSSR count). The smallest absolute Gasteiger partial charge is 0.286 e. The van der Waals surface area contributed by atoms with Gasteiger partial charge in [-0.15, -0.1) is 0 Å². The fraction of sp³-hybridized carbons (Fsp3) is 0.385.